The zero-order chi connectivity index (χ0) is 9.68. The van der Waals surface area contributed by atoms with Crippen LogP contribution in [0.5, 0.6) is 0 Å². The van der Waals surface area contributed by atoms with Gasteiger partial charge in [-0.3, -0.25) is 0 Å². The quantitative estimate of drug-likeness (QED) is 0.722. The van der Waals surface area contributed by atoms with Crippen molar-refractivity contribution in [2.45, 2.75) is 45.6 Å². The van der Waals surface area contributed by atoms with Crippen LogP contribution in [0.15, 0.2) is 0 Å². The molecule has 2 nitrogen and oxygen atoms in total. The van der Waals surface area contributed by atoms with Gasteiger partial charge in [-0.1, -0.05) is 20.3 Å². The molecule has 1 heterocycles. The molecule has 0 aliphatic carbocycles. The molecule has 78 valence electrons. The Hall–Kier alpha value is -0.0800. The van der Waals surface area contributed by atoms with Crippen LogP contribution in [0.3, 0.4) is 0 Å². The highest BCUT2D eigenvalue weighted by atomic mass is 15.1. The summed E-state index contributed by atoms with van der Waals surface area (Å²) >= 11 is 0. The second-order valence-corrected chi connectivity index (χ2v) is 4.56. The van der Waals surface area contributed by atoms with Crippen molar-refractivity contribution in [2.24, 2.45) is 11.7 Å². The summed E-state index contributed by atoms with van der Waals surface area (Å²) in [5.41, 5.74) is 5.93. The van der Waals surface area contributed by atoms with E-state index in [0.717, 1.165) is 12.5 Å². The first-order chi connectivity index (χ1) is 6.22. The van der Waals surface area contributed by atoms with Crippen LogP contribution in [0.2, 0.25) is 0 Å². The zero-order valence-electron chi connectivity index (χ0n) is 9.13. The summed E-state index contributed by atoms with van der Waals surface area (Å²) in [6.45, 7) is 8.25. The van der Waals surface area contributed by atoms with E-state index >= 15 is 0 Å². The summed E-state index contributed by atoms with van der Waals surface area (Å²) in [5, 5.41) is 0. The minimum absolute atomic E-state index is 0.433. The lowest BCUT2D eigenvalue weighted by atomic mass is 10.0. The standard InChI is InChI=1S/C11H24N2/c1-3-5-10(2)8-13-7-4-6-11(12)9-13/h10-11H,3-9,12H2,1-2H3. The van der Waals surface area contributed by atoms with Crippen LogP contribution in [0.4, 0.5) is 0 Å². The zero-order valence-corrected chi connectivity index (χ0v) is 9.13. The first kappa shape index (κ1) is 11.0. The monoisotopic (exact) mass is 184 g/mol. The van der Waals surface area contributed by atoms with Gasteiger partial charge in [-0.05, 0) is 31.7 Å². The molecule has 0 amide bonds. The topological polar surface area (TPSA) is 29.3 Å². The summed E-state index contributed by atoms with van der Waals surface area (Å²) in [7, 11) is 0. The van der Waals surface area contributed by atoms with Crippen LogP contribution < -0.4 is 5.73 Å². The van der Waals surface area contributed by atoms with Gasteiger partial charge in [0.2, 0.25) is 0 Å². The molecule has 2 unspecified atom stereocenters. The maximum absolute atomic E-state index is 5.93. The first-order valence-corrected chi connectivity index (χ1v) is 5.70. The van der Waals surface area contributed by atoms with E-state index in [9.17, 15) is 0 Å². The second-order valence-electron chi connectivity index (χ2n) is 4.56. The SMILES string of the molecule is CCCC(C)CN1CCCC(N)C1. The van der Waals surface area contributed by atoms with E-state index < -0.39 is 0 Å². The normalized spacial score (nSPS) is 27.5. The fourth-order valence-electron chi connectivity index (χ4n) is 2.28. The number of nitrogens with two attached hydrogens (primary N) is 1. The van der Waals surface area contributed by atoms with Gasteiger partial charge in [0, 0.05) is 19.1 Å². The number of hydrogen-bond acceptors (Lipinski definition) is 2. The van der Waals surface area contributed by atoms with E-state index in [4.69, 9.17) is 5.73 Å². The molecule has 1 aliphatic rings. The number of rotatable bonds is 4. The lowest BCUT2D eigenvalue weighted by molar-refractivity contribution is 0.181. The van der Waals surface area contributed by atoms with Crippen LogP contribution >= 0.6 is 0 Å². The van der Waals surface area contributed by atoms with Crippen molar-refractivity contribution in [3.8, 4) is 0 Å². The summed E-state index contributed by atoms with van der Waals surface area (Å²) < 4.78 is 0. The smallest absolute Gasteiger partial charge is 0.0168 e. The van der Waals surface area contributed by atoms with Crippen molar-refractivity contribution in [1.82, 2.24) is 4.90 Å². The fraction of sp³-hybridized carbons (Fsp3) is 1.00. The van der Waals surface area contributed by atoms with Crippen molar-refractivity contribution < 1.29 is 0 Å². The van der Waals surface area contributed by atoms with Crippen LogP contribution in [-0.2, 0) is 0 Å². The van der Waals surface area contributed by atoms with Crippen LogP contribution in [0.25, 0.3) is 0 Å². The molecule has 2 N–H and O–H groups in total. The molecule has 2 atom stereocenters. The minimum Gasteiger partial charge on any atom is -0.327 e. The van der Waals surface area contributed by atoms with Crippen LogP contribution in [0.1, 0.15) is 39.5 Å². The second kappa shape index (κ2) is 5.61. The molecule has 0 radical (unpaired) electrons. The fourth-order valence-corrected chi connectivity index (χ4v) is 2.28. The molecule has 0 aromatic carbocycles. The molecule has 0 aromatic rings. The van der Waals surface area contributed by atoms with E-state index in [0.29, 0.717) is 6.04 Å². The maximum Gasteiger partial charge on any atom is 0.0168 e. The molecular formula is C11H24N2. The summed E-state index contributed by atoms with van der Waals surface area (Å²) in [5.74, 6) is 0.843. The predicted molar refractivity (Wildman–Crippen MR) is 57.7 cm³/mol. The number of piperidine rings is 1. The van der Waals surface area contributed by atoms with Gasteiger partial charge in [0.25, 0.3) is 0 Å². The highest BCUT2D eigenvalue weighted by molar-refractivity contribution is 4.75. The summed E-state index contributed by atoms with van der Waals surface area (Å²) in [6, 6.07) is 0.433. The van der Waals surface area contributed by atoms with E-state index in [1.807, 2.05) is 0 Å². The maximum atomic E-state index is 5.93. The average Bonchev–Trinajstić information content (AvgIpc) is 2.04. The number of likely N-dealkylation sites (tertiary alicyclic amines) is 1. The molecule has 0 aromatic heterocycles. The predicted octanol–water partition coefficient (Wildman–Crippen LogP) is 1.85. The Bertz CT molecular complexity index is 136. The Morgan fingerprint density at radius 3 is 2.92 bits per heavy atom. The Kier molecular flexibility index (Phi) is 4.74. The van der Waals surface area contributed by atoms with Gasteiger partial charge in [0.05, 0.1) is 0 Å². The highest BCUT2D eigenvalue weighted by Crippen LogP contribution is 2.13. The van der Waals surface area contributed by atoms with Gasteiger partial charge in [0.1, 0.15) is 0 Å². The van der Waals surface area contributed by atoms with Gasteiger partial charge >= 0.3 is 0 Å². The lowest BCUT2D eigenvalue weighted by Crippen LogP contribution is -2.44. The Morgan fingerprint density at radius 1 is 1.54 bits per heavy atom. The number of hydrogen-bond donors (Lipinski definition) is 1. The Balaban J connectivity index is 2.19. The minimum atomic E-state index is 0.433. The molecule has 1 fully saturated rings. The summed E-state index contributed by atoms with van der Waals surface area (Å²) in [4.78, 5) is 2.54. The largest absolute Gasteiger partial charge is 0.327 e. The molecule has 0 saturated carbocycles. The van der Waals surface area contributed by atoms with Gasteiger partial charge in [0.15, 0.2) is 0 Å². The average molecular weight is 184 g/mol. The van der Waals surface area contributed by atoms with Gasteiger partial charge in [-0.25, -0.2) is 0 Å². The third-order valence-electron chi connectivity index (χ3n) is 2.89. The van der Waals surface area contributed by atoms with Gasteiger partial charge < -0.3 is 10.6 Å². The van der Waals surface area contributed by atoms with E-state index in [1.54, 1.807) is 0 Å². The van der Waals surface area contributed by atoms with Crippen LogP contribution in [-0.4, -0.2) is 30.6 Å². The lowest BCUT2D eigenvalue weighted by Gasteiger charge is -2.32. The molecule has 1 aliphatic heterocycles. The molecule has 0 bridgehead atoms. The molecule has 2 heteroatoms. The van der Waals surface area contributed by atoms with Crippen LogP contribution in [0, 0.1) is 5.92 Å². The summed E-state index contributed by atoms with van der Waals surface area (Å²) in [6.07, 6.45) is 5.17. The molecule has 0 spiro atoms. The van der Waals surface area contributed by atoms with E-state index in [-0.39, 0.29) is 0 Å². The molecule has 1 saturated heterocycles. The van der Waals surface area contributed by atoms with Gasteiger partial charge in [-0.2, -0.15) is 0 Å². The first-order valence-electron chi connectivity index (χ1n) is 5.70. The molecule has 13 heavy (non-hydrogen) atoms. The molecule has 1 rings (SSSR count). The number of nitrogens with zero attached hydrogens (tertiary/aromatic N) is 1. The van der Waals surface area contributed by atoms with Crippen molar-refractivity contribution in [3.05, 3.63) is 0 Å². The van der Waals surface area contributed by atoms with Crippen molar-refractivity contribution in [3.63, 3.8) is 0 Å². The Labute approximate surface area is 82.5 Å². The molecular weight excluding hydrogens is 160 g/mol. The van der Waals surface area contributed by atoms with E-state index in [1.165, 1.54) is 38.8 Å². The van der Waals surface area contributed by atoms with Crippen molar-refractivity contribution in [1.29, 1.82) is 0 Å². The van der Waals surface area contributed by atoms with Crippen molar-refractivity contribution >= 4 is 0 Å². The van der Waals surface area contributed by atoms with Crippen molar-refractivity contribution in [2.75, 3.05) is 19.6 Å². The van der Waals surface area contributed by atoms with E-state index in [2.05, 4.69) is 18.7 Å². The third kappa shape index (κ3) is 4.10. The highest BCUT2D eigenvalue weighted by Gasteiger charge is 2.17. The van der Waals surface area contributed by atoms with Gasteiger partial charge in [-0.15, -0.1) is 0 Å². The Morgan fingerprint density at radius 2 is 2.31 bits per heavy atom. The third-order valence-corrected chi connectivity index (χ3v) is 2.89.